The summed E-state index contributed by atoms with van der Waals surface area (Å²) in [6.07, 6.45) is 0.436. The van der Waals surface area contributed by atoms with Crippen molar-refractivity contribution in [2.24, 2.45) is 0 Å². The van der Waals surface area contributed by atoms with Crippen molar-refractivity contribution in [2.75, 3.05) is 19.6 Å². The molecule has 0 amide bonds. The highest BCUT2D eigenvalue weighted by Gasteiger charge is 2.30. The normalized spacial score (nSPS) is 24.1. The van der Waals surface area contributed by atoms with Crippen LogP contribution in [-0.4, -0.2) is 44.6 Å². The molecule has 0 bridgehead atoms. The summed E-state index contributed by atoms with van der Waals surface area (Å²) in [6.45, 7) is 4.88. The molecule has 0 spiro atoms. The molecule has 1 fully saturated rings. The first-order valence-electron chi connectivity index (χ1n) is 7.01. The number of halogens is 1. The maximum Gasteiger partial charge on any atom is 0.279 e. The summed E-state index contributed by atoms with van der Waals surface area (Å²) in [4.78, 5) is 0. The summed E-state index contributed by atoms with van der Waals surface area (Å²) in [5, 5.41) is 0.659. The van der Waals surface area contributed by atoms with E-state index in [0.29, 0.717) is 31.1 Å². The summed E-state index contributed by atoms with van der Waals surface area (Å²) < 4.78 is 34.2. The smallest absolute Gasteiger partial charge is 0.279 e. The molecule has 118 valence electrons. The molecule has 1 heterocycles. The van der Waals surface area contributed by atoms with Crippen molar-refractivity contribution in [3.63, 3.8) is 0 Å². The Kier molecular flexibility index (Phi) is 5.62. The van der Waals surface area contributed by atoms with E-state index in [-0.39, 0.29) is 12.2 Å². The molecule has 21 heavy (non-hydrogen) atoms. The molecule has 1 aromatic carbocycles. The zero-order valence-electron chi connectivity index (χ0n) is 12.3. The maximum atomic E-state index is 12.3. The van der Waals surface area contributed by atoms with E-state index in [2.05, 4.69) is 4.72 Å². The molecule has 1 aliphatic heterocycles. The van der Waals surface area contributed by atoms with Crippen LogP contribution in [0.25, 0.3) is 0 Å². The third-order valence-corrected chi connectivity index (χ3v) is 5.10. The van der Waals surface area contributed by atoms with Gasteiger partial charge in [-0.1, -0.05) is 23.7 Å². The molecule has 0 saturated carbocycles. The summed E-state index contributed by atoms with van der Waals surface area (Å²) in [5.74, 6) is 0. The Hall–Kier alpha value is -0.660. The van der Waals surface area contributed by atoms with Crippen LogP contribution in [0.4, 0.5) is 0 Å². The molecule has 0 aromatic heterocycles. The molecule has 1 saturated heterocycles. The average molecular weight is 333 g/mol. The molecular weight excluding hydrogens is 312 g/mol. The standard InChI is InChI=1S/C14H21ClN2O3S/c1-11-9-17(10-12(2)20-11)21(18,19)16-7-6-13-4-3-5-14(15)8-13/h3-5,8,11-12,16H,6-7,9-10H2,1-2H3/t11-,12+. The SMILES string of the molecule is C[C@@H]1CN(S(=O)(=O)NCCc2cccc(Cl)c2)C[C@H](C)O1. The van der Waals surface area contributed by atoms with Crippen molar-refractivity contribution in [2.45, 2.75) is 32.5 Å². The van der Waals surface area contributed by atoms with Gasteiger partial charge in [-0.2, -0.15) is 12.7 Å². The quantitative estimate of drug-likeness (QED) is 0.895. The topological polar surface area (TPSA) is 58.6 Å². The van der Waals surface area contributed by atoms with Gasteiger partial charge in [0.05, 0.1) is 12.2 Å². The van der Waals surface area contributed by atoms with Crippen molar-refractivity contribution in [3.8, 4) is 0 Å². The van der Waals surface area contributed by atoms with Gasteiger partial charge >= 0.3 is 0 Å². The number of nitrogens with zero attached hydrogens (tertiary/aromatic N) is 1. The number of nitrogens with one attached hydrogen (secondary N) is 1. The molecule has 2 rings (SSSR count). The van der Waals surface area contributed by atoms with Crippen molar-refractivity contribution in [1.29, 1.82) is 0 Å². The van der Waals surface area contributed by atoms with Crippen molar-refractivity contribution < 1.29 is 13.2 Å². The van der Waals surface area contributed by atoms with E-state index in [0.717, 1.165) is 5.56 Å². The van der Waals surface area contributed by atoms with Crippen LogP contribution in [-0.2, 0) is 21.4 Å². The largest absolute Gasteiger partial charge is 0.373 e. The molecular formula is C14H21ClN2O3S. The number of ether oxygens (including phenoxy) is 1. The summed E-state index contributed by atoms with van der Waals surface area (Å²) >= 11 is 5.91. The van der Waals surface area contributed by atoms with Crippen molar-refractivity contribution >= 4 is 21.8 Å². The van der Waals surface area contributed by atoms with Crippen LogP contribution in [0.2, 0.25) is 5.02 Å². The number of rotatable bonds is 5. The summed E-state index contributed by atoms with van der Waals surface area (Å²) in [6, 6.07) is 7.43. The first-order chi connectivity index (χ1) is 9.87. The van der Waals surface area contributed by atoms with Gasteiger partial charge in [0.15, 0.2) is 0 Å². The number of benzene rings is 1. The van der Waals surface area contributed by atoms with Gasteiger partial charge in [-0.15, -0.1) is 0 Å². The number of morpholine rings is 1. The lowest BCUT2D eigenvalue weighted by Crippen LogP contribution is -2.52. The van der Waals surface area contributed by atoms with Crippen LogP contribution in [0.3, 0.4) is 0 Å². The van der Waals surface area contributed by atoms with E-state index < -0.39 is 10.2 Å². The summed E-state index contributed by atoms with van der Waals surface area (Å²) in [7, 11) is -3.46. The van der Waals surface area contributed by atoms with Gasteiger partial charge in [-0.05, 0) is 38.0 Å². The minimum atomic E-state index is -3.46. The third-order valence-electron chi connectivity index (χ3n) is 3.31. The van der Waals surface area contributed by atoms with E-state index in [1.165, 1.54) is 4.31 Å². The van der Waals surface area contributed by atoms with Gasteiger partial charge in [0.1, 0.15) is 0 Å². The molecule has 0 unspecified atom stereocenters. The van der Waals surface area contributed by atoms with Crippen molar-refractivity contribution in [1.82, 2.24) is 9.03 Å². The second kappa shape index (κ2) is 7.07. The van der Waals surface area contributed by atoms with Gasteiger partial charge in [-0.3, -0.25) is 0 Å². The lowest BCUT2D eigenvalue weighted by Gasteiger charge is -2.34. The van der Waals surface area contributed by atoms with Crippen LogP contribution >= 0.6 is 11.6 Å². The minimum absolute atomic E-state index is 0.0849. The Morgan fingerprint density at radius 2 is 2.00 bits per heavy atom. The van der Waals surface area contributed by atoms with Gasteiger partial charge in [0, 0.05) is 24.7 Å². The molecule has 2 atom stereocenters. The molecule has 7 heteroatoms. The maximum absolute atomic E-state index is 12.3. The Balaban J connectivity index is 1.89. The molecule has 1 aliphatic rings. The highest BCUT2D eigenvalue weighted by Crippen LogP contribution is 2.14. The van der Waals surface area contributed by atoms with Crippen molar-refractivity contribution in [3.05, 3.63) is 34.9 Å². The zero-order chi connectivity index (χ0) is 15.5. The van der Waals surface area contributed by atoms with E-state index >= 15 is 0 Å². The Bertz CT molecular complexity index is 569. The van der Waals surface area contributed by atoms with Crippen LogP contribution in [0, 0.1) is 0 Å². The predicted molar refractivity (Wildman–Crippen MR) is 83.7 cm³/mol. The van der Waals surface area contributed by atoms with Gasteiger partial charge < -0.3 is 4.74 Å². The van der Waals surface area contributed by atoms with E-state index in [4.69, 9.17) is 16.3 Å². The van der Waals surface area contributed by atoms with Gasteiger partial charge in [0.2, 0.25) is 0 Å². The lowest BCUT2D eigenvalue weighted by molar-refractivity contribution is -0.0443. The first kappa shape index (κ1) is 16.7. The minimum Gasteiger partial charge on any atom is -0.373 e. The lowest BCUT2D eigenvalue weighted by atomic mass is 10.2. The molecule has 0 radical (unpaired) electrons. The summed E-state index contributed by atoms with van der Waals surface area (Å²) in [5.41, 5.74) is 1.01. The number of hydrogen-bond acceptors (Lipinski definition) is 3. The van der Waals surface area contributed by atoms with E-state index in [1.807, 2.05) is 32.0 Å². The molecule has 1 N–H and O–H groups in total. The Morgan fingerprint density at radius 3 is 2.62 bits per heavy atom. The van der Waals surface area contributed by atoms with Crippen LogP contribution < -0.4 is 4.72 Å². The second-order valence-electron chi connectivity index (χ2n) is 5.35. The third kappa shape index (κ3) is 4.93. The monoisotopic (exact) mass is 332 g/mol. The molecule has 0 aliphatic carbocycles. The number of hydrogen-bond donors (Lipinski definition) is 1. The fraction of sp³-hybridized carbons (Fsp3) is 0.571. The fourth-order valence-electron chi connectivity index (χ4n) is 2.44. The van der Waals surface area contributed by atoms with E-state index in [9.17, 15) is 8.42 Å². The van der Waals surface area contributed by atoms with Crippen LogP contribution in [0.5, 0.6) is 0 Å². The highest BCUT2D eigenvalue weighted by molar-refractivity contribution is 7.87. The second-order valence-corrected chi connectivity index (χ2v) is 7.55. The highest BCUT2D eigenvalue weighted by atomic mass is 35.5. The predicted octanol–water partition coefficient (Wildman–Crippen LogP) is 1.83. The van der Waals surface area contributed by atoms with Crippen LogP contribution in [0.1, 0.15) is 19.4 Å². The van der Waals surface area contributed by atoms with Gasteiger partial charge in [0.25, 0.3) is 10.2 Å². The van der Waals surface area contributed by atoms with Gasteiger partial charge in [-0.25, -0.2) is 4.72 Å². The molecule has 1 aromatic rings. The van der Waals surface area contributed by atoms with Crippen LogP contribution in [0.15, 0.2) is 24.3 Å². The molecule has 5 nitrogen and oxygen atoms in total. The fourth-order valence-corrected chi connectivity index (χ4v) is 4.00. The average Bonchev–Trinajstić information content (AvgIpc) is 2.37. The Morgan fingerprint density at radius 1 is 1.33 bits per heavy atom. The Labute approximate surface area is 131 Å². The first-order valence-corrected chi connectivity index (χ1v) is 8.83. The van der Waals surface area contributed by atoms with E-state index in [1.54, 1.807) is 6.07 Å². The zero-order valence-corrected chi connectivity index (χ0v) is 13.8.